The normalized spacial score (nSPS) is 10.0. The van der Waals surface area contributed by atoms with Crippen LogP contribution in [0.1, 0.15) is 15.9 Å². The van der Waals surface area contributed by atoms with Gasteiger partial charge in [-0.25, -0.2) is 0 Å². The van der Waals surface area contributed by atoms with Gasteiger partial charge in [0.2, 0.25) is 0 Å². The van der Waals surface area contributed by atoms with Gasteiger partial charge in [0.15, 0.2) is 12.0 Å². The molecule has 0 bridgehead atoms. The van der Waals surface area contributed by atoms with Crippen molar-refractivity contribution in [2.45, 2.75) is 0 Å². The average Bonchev–Trinajstić information content (AvgIpc) is 2.99. The van der Waals surface area contributed by atoms with E-state index in [2.05, 4.69) is 11.2 Å². The van der Waals surface area contributed by atoms with Crippen LogP contribution in [-0.4, -0.2) is 11.4 Å². The number of rotatable bonds is 3. The van der Waals surface area contributed by atoms with Crippen LogP contribution in [-0.2, 0) is 0 Å². The van der Waals surface area contributed by atoms with Gasteiger partial charge in [0.25, 0.3) is 0 Å². The summed E-state index contributed by atoms with van der Waals surface area (Å²) in [5, 5.41) is 12.8. The second-order valence-electron chi connectivity index (χ2n) is 4.45. The van der Waals surface area contributed by atoms with Crippen molar-refractivity contribution in [3.63, 3.8) is 0 Å². The molecular weight excluding hydrogens is 264 g/mol. The van der Waals surface area contributed by atoms with E-state index in [1.54, 1.807) is 24.3 Å². The highest BCUT2D eigenvalue weighted by Crippen LogP contribution is 2.30. The quantitative estimate of drug-likeness (QED) is 0.683. The molecule has 0 radical (unpaired) electrons. The Morgan fingerprint density at radius 1 is 1.00 bits per heavy atom. The Labute approximate surface area is 121 Å². The smallest absolute Gasteiger partial charge is 0.178 e. The molecule has 0 unspecified atom stereocenters. The zero-order valence-electron chi connectivity index (χ0n) is 11.0. The molecule has 1 heterocycles. The first-order chi connectivity index (χ1) is 10.3. The lowest BCUT2D eigenvalue weighted by Crippen LogP contribution is -1.87. The van der Waals surface area contributed by atoms with Crippen LogP contribution in [0.15, 0.2) is 59.1 Å². The second-order valence-corrected chi connectivity index (χ2v) is 4.45. The molecule has 0 saturated carbocycles. The molecule has 0 aliphatic heterocycles. The van der Waals surface area contributed by atoms with Gasteiger partial charge in [-0.3, -0.25) is 4.79 Å². The maximum atomic E-state index is 11.4. The molecule has 0 amide bonds. The Morgan fingerprint density at radius 3 is 2.33 bits per heavy atom. The van der Waals surface area contributed by atoms with E-state index < -0.39 is 0 Å². The molecule has 3 aromatic rings. The standard InChI is InChI=1S/C17H10N2O2/c18-10-12-6-8-13(9-7-12)16-15(11-20)17(21-19-16)14-4-2-1-3-5-14/h1-9,11H. The van der Waals surface area contributed by atoms with E-state index in [0.717, 1.165) is 17.4 Å². The molecule has 4 nitrogen and oxygen atoms in total. The number of aromatic nitrogens is 1. The van der Waals surface area contributed by atoms with Crippen molar-refractivity contribution in [2.75, 3.05) is 0 Å². The van der Waals surface area contributed by atoms with E-state index in [9.17, 15) is 4.79 Å². The topological polar surface area (TPSA) is 66.9 Å². The molecule has 4 heteroatoms. The zero-order valence-corrected chi connectivity index (χ0v) is 11.0. The number of hydrogen-bond donors (Lipinski definition) is 0. The summed E-state index contributed by atoms with van der Waals surface area (Å²) < 4.78 is 5.34. The Bertz CT molecular complexity index is 812. The third kappa shape index (κ3) is 2.33. The van der Waals surface area contributed by atoms with Crippen LogP contribution in [0.25, 0.3) is 22.6 Å². The summed E-state index contributed by atoms with van der Waals surface area (Å²) in [6.07, 6.45) is 0.742. The number of nitriles is 1. The lowest BCUT2D eigenvalue weighted by molar-refractivity contribution is 0.112. The Kier molecular flexibility index (Phi) is 3.32. The molecule has 0 spiro atoms. The fourth-order valence-electron chi connectivity index (χ4n) is 2.12. The molecule has 0 fully saturated rings. The van der Waals surface area contributed by atoms with Gasteiger partial charge >= 0.3 is 0 Å². The number of carbonyl (C=O) groups excluding carboxylic acids is 1. The Morgan fingerprint density at radius 2 is 1.71 bits per heavy atom. The first kappa shape index (κ1) is 12.8. The number of carbonyl (C=O) groups is 1. The minimum atomic E-state index is 0.408. The summed E-state index contributed by atoms with van der Waals surface area (Å²) in [7, 11) is 0. The predicted molar refractivity (Wildman–Crippen MR) is 77.5 cm³/mol. The van der Waals surface area contributed by atoms with E-state index in [0.29, 0.717) is 22.6 Å². The molecule has 21 heavy (non-hydrogen) atoms. The maximum absolute atomic E-state index is 11.4. The Hall–Kier alpha value is -3.19. The first-order valence-electron chi connectivity index (χ1n) is 6.34. The molecule has 1 aromatic heterocycles. The van der Waals surface area contributed by atoms with Crippen LogP contribution in [0.3, 0.4) is 0 Å². The Balaban J connectivity index is 2.10. The number of nitrogens with zero attached hydrogens (tertiary/aromatic N) is 2. The third-order valence-corrected chi connectivity index (χ3v) is 3.17. The lowest BCUT2D eigenvalue weighted by atomic mass is 10.0. The second kappa shape index (κ2) is 5.43. The van der Waals surface area contributed by atoms with E-state index in [-0.39, 0.29) is 0 Å². The maximum Gasteiger partial charge on any atom is 0.178 e. The van der Waals surface area contributed by atoms with Gasteiger partial charge in [0, 0.05) is 11.1 Å². The van der Waals surface area contributed by atoms with Crippen LogP contribution in [0.5, 0.6) is 0 Å². The number of aldehydes is 1. The van der Waals surface area contributed by atoms with Crippen molar-refractivity contribution < 1.29 is 9.32 Å². The molecule has 0 saturated heterocycles. The highest BCUT2D eigenvalue weighted by atomic mass is 16.5. The van der Waals surface area contributed by atoms with Crippen LogP contribution in [0, 0.1) is 11.3 Å². The van der Waals surface area contributed by atoms with Crippen molar-refractivity contribution in [3.05, 3.63) is 65.7 Å². The highest BCUT2D eigenvalue weighted by Gasteiger charge is 2.18. The molecule has 3 rings (SSSR count). The van der Waals surface area contributed by atoms with Crippen molar-refractivity contribution in [3.8, 4) is 28.7 Å². The van der Waals surface area contributed by atoms with E-state index in [1.165, 1.54) is 0 Å². The minimum Gasteiger partial charge on any atom is -0.355 e. The van der Waals surface area contributed by atoms with Crippen molar-refractivity contribution >= 4 is 6.29 Å². The summed E-state index contributed by atoms with van der Waals surface area (Å²) in [6.45, 7) is 0. The fourth-order valence-corrected chi connectivity index (χ4v) is 2.12. The summed E-state index contributed by atoms with van der Waals surface area (Å²) in [4.78, 5) is 11.4. The molecule has 0 aliphatic rings. The molecular formula is C17H10N2O2. The van der Waals surface area contributed by atoms with Gasteiger partial charge in [-0.2, -0.15) is 5.26 Å². The van der Waals surface area contributed by atoms with E-state index in [4.69, 9.17) is 9.78 Å². The highest BCUT2D eigenvalue weighted by molar-refractivity contribution is 5.93. The van der Waals surface area contributed by atoms with Gasteiger partial charge in [0.05, 0.1) is 17.2 Å². The molecule has 0 atom stereocenters. The minimum absolute atomic E-state index is 0.408. The van der Waals surface area contributed by atoms with Crippen LogP contribution >= 0.6 is 0 Å². The van der Waals surface area contributed by atoms with E-state index >= 15 is 0 Å². The molecule has 2 aromatic carbocycles. The summed E-state index contributed by atoms with van der Waals surface area (Å²) in [6, 6.07) is 18.3. The average molecular weight is 274 g/mol. The molecule has 100 valence electrons. The SMILES string of the molecule is N#Cc1ccc(-c2noc(-c3ccccc3)c2C=O)cc1. The molecule has 0 N–H and O–H groups in total. The van der Waals surface area contributed by atoms with Gasteiger partial charge in [-0.15, -0.1) is 0 Å². The van der Waals surface area contributed by atoms with Crippen molar-refractivity contribution in [1.29, 1.82) is 5.26 Å². The predicted octanol–water partition coefficient (Wildman–Crippen LogP) is 3.69. The van der Waals surface area contributed by atoms with Crippen LogP contribution < -0.4 is 0 Å². The van der Waals surface area contributed by atoms with Crippen molar-refractivity contribution in [1.82, 2.24) is 5.16 Å². The van der Waals surface area contributed by atoms with Gasteiger partial charge < -0.3 is 4.52 Å². The number of hydrogen-bond acceptors (Lipinski definition) is 4. The number of benzene rings is 2. The first-order valence-corrected chi connectivity index (χ1v) is 6.34. The van der Waals surface area contributed by atoms with E-state index in [1.807, 2.05) is 30.3 Å². The third-order valence-electron chi connectivity index (χ3n) is 3.17. The summed E-state index contributed by atoms with van der Waals surface area (Å²) in [5.74, 6) is 0.449. The lowest BCUT2D eigenvalue weighted by Gasteiger charge is -1.98. The zero-order chi connectivity index (χ0) is 14.7. The largest absolute Gasteiger partial charge is 0.355 e. The monoisotopic (exact) mass is 274 g/mol. The summed E-state index contributed by atoms with van der Waals surface area (Å²) in [5.41, 5.74) is 2.98. The van der Waals surface area contributed by atoms with Gasteiger partial charge in [0.1, 0.15) is 5.69 Å². The van der Waals surface area contributed by atoms with Gasteiger partial charge in [-0.1, -0.05) is 47.6 Å². The van der Waals surface area contributed by atoms with Crippen LogP contribution in [0.2, 0.25) is 0 Å². The van der Waals surface area contributed by atoms with Crippen molar-refractivity contribution in [2.24, 2.45) is 0 Å². The van der Waals surface area contributed by atoms with Gasteiger partial charge in [-0.05, 0) is 12.1 Å². The molecule has 0 aliphatic carbocycles. The summed E-state index contributed by atoms with van der Waals surface area (Å²) >= 11 is 0. The fraction of sp³-hybridized carbons (Fsp3) is 0. The van der Waals surface area contributed by atoms with Crippen LogP contribution in [0.4, 0.5) is 0 Å².